The first kappa shape index (κ1) is 20.8. The van der Waals surface area contributed by atoms with E-state index in [0.717, 1.165) is 53.1 Å². The Morgan fingerprint density at radius 3 is 2.56 bits per heavy atom. The van der Waals surface area contributed by atoms with Crippen LogP contribution in [0.1, 0.15) is 53.1 Å². The zero-order valence-electron chi connectivity index (χ0n) is 18.0. The molecule has 5 rings (SSSR count). The summed E-state index contributed by atoms with van der Waals surface area (Å²) >= 11 is 1.30. The molecule has 166 valence electrons. The molecule has 0 radical (unpaired) electrons. The van der Waals surface area contributed by atoms with Crippen LogP contribution in [0.25, 0.3) is 10.2 Å². The van der Waals surface area contributed by atoms with Crippen molar-refractivity contribution in [3.05, 3.63) is 55.9 Å². The van der Waals surface area contributed by atoms with Gasteiger partial charge in [-0.25, -0.2) is 4.98 Å². The summed E-state index contributed by atoms with van der Waals surface area (Å²) in [6, 6.07) is 5.62. The molecule has 0 amide bonds. The summed E-state index contributed by atoms with van der Waals surface area (Å²) in [6.07, 6.45) is 2.96. The van der Waals surface area contributed by atoms with Gasteiger partial charge in [0.05, 0.1) is 22.8 Å². The molecular formula is C23H24N4O4S. The lowest BCUT2D eigenvalue weighted by molar-refractivity contribution is -0.384. The third kappa shape index (κ3) is 3.41. The van der Waals surface area contributed by atoms with Gasteiger partial charge in [0.2, 0.25) is 5.78 Å². The summed E-state index contributed by atoms with van der Waals surface area (Å²) in [5.41, 5.74) is 9.15. The molecule has 0 unspecified atom stereocenters. The fourth-order valence-electron chi connectivity index (χ4n) is 4.57. The van der Waals surface area contributed by atoms with Crippen LogP contribution in [0.3, 0.4) is 0 Å². The highest BCUT2D eigenvalue weighted by molar-refractivity contribution is 7.21. The van der Waals surface area contributed by atoms with Crippen molar-refractivity contribution >= 4 is 44.5 Å². The first-order valence-electron chi connectivity index (χ1n) is 10.7. The van der Waals surface area contributed by atoms with Gasteiger partial charge in [-0.05, 0) is 44.4 Å². The Morgan fingerprint density at radius 1 is 1.22 bits per heavy atom. The molecule has 0 atom stereocenters. The Morgan fingerprint density at radius 2 is 1.91 bits per heavy atom. The number of ether oxygens (including phenoxy) is 1. The predicted octanol–water partition coefficient (Wildman–Crippen LogP) is 4.47. The highest BCUT2D eigenvalue weighted by atomic mass is 32.1. The molecule has 0 aliphatic carbocycles. The number of hydrogen-bond acceptors (Lipinski definition) is 8. The maximum absolute atomic E-state index is 13.3. The average molecular weight is 453 g/mol. The summed E-state index contributed by atoms with van der Waals surface area (Å²) in [6.45, 7) is 6.51. The van der Waals surface area contributed by atoms with Crippen LogP contribution in [-0.2, 0) is 17.8 Å². The van der Waals surface area contributed by atoms with Crippen molar-refractivity contribution in [1.82, 2.24) is 4.98 Å². The van der Waals surface area contributed by atoms with Gasteiger partial charge in [-0.3, -0.25) is 14.9 Å². The first-order valence-corrected chi connectivity index (χ1v) is 11.5. The van der Waals surface area contributed by atoms with E-state index in [-0.39, 0.29) is 17.1 Å². The maximum atomic E-state index is 13.3. The molecule has 0 saturated carbocycles. The number of nitrogens with two attached hydrogens (primary N) is 1. The number of ketones is 1. The van der Waals surface area contributed by atoms with Gasteiger partial charge < -0.3 is 15.4 Å². The molecule has 2 N–H and O–H groups in total. The summed E-state index contributed by atoms with van der Waals surface area (Å²) in [5, 5.41) is 11.8. The van der Waals surface area contributed by atoms with E-state index in [1.807, 2.05) is 0 Å². The molecule has 2 aliphatic heterocycles. The van der Waals surface area contributed by atoms with Gasteiger partial charge in [0.15, 0.2) is 0 Å². The second kappa shape index (κ2) is 7.53. The Bertz CT molecular complexity index is 1240. The quantitative estimate of drug-likeness (QED) is 0.353. The Kier molecular flexibility index (Phi) is 4.90. The molecule has 9 heteroatoms. The fraction of sp³-hybridized carbons (Fsp3) is 0.391. The maximum Gasteiger partial charge on any atom is 0.269 e. The number of fused-ring (bicyclic) bond motifs is 3. The van der Waals surface area contributed by atoms with Gasteiger partial charge in [-0.2, -0.15) is 0 Å². The van der Waals surface area contributed by atoms with E-state index in [2.05, 4.69) is 18.7 Å². The number of nitro benzene ring substituents is 1. The topological polar surface area (TPSA) is 112 Å². The zero-order valence-corrected chi connectivity index (χ0v) is 18.8. The van der Waals surface area contributed by atoms with Crippen LogP contribution >= 0.6 is 11.3 Å². The highest BCUT2D eigenvalue weighted by Gasteiger charge is 2.34. The minimum Gasteiger partial charge on any atom is -0.397 e. The predicted molar refractivity (Wildman–Crippen MR) is 125 cm³/mol. The minimum absolute atomic E-state index is 0.0564. The van der Waals surface area contributed by atoms with Gasteiger partial charge in [-0.15, -0.1) is 11.3 Å². The summed E-state index contributed by atoms with van der Waals surface area (Å²) in [4.78, 5) is 32.1. The second-order valence-electron chi connectivity index (χ2n) is 8.97. The van der Waals surface area contributed by atoms with Crippen LogP contribution in [0.2, 0.25) is 0 Å². The number of hydrogen-bond donors (Lipinski definition) is 1. The molecular weight excluding hydrogens is 428 g/mol. The van der Waals surface area contributed by atoms with Gasteiger partial charge in [0, 0.05) is 48.2 Å². The monoisotopic (exact) mass is 452 g/mol. The van der Waals surface area contributed by atoms with E-state index in [1.54, 1.807) is 0 Å². The Hall–Kier alpha value is -3.04. The van der Waals surface area contributed by atoms with E-state index < -0.39 is 4.92 Å². The molecule has 1 aromatic carbocycles. The molecule has 4 heterocycles. The Labute approximate surface area is 189 Å². The lowest BCUT2D eigenvalue weighted by Crippen LogP contribution is -2.34. The molecule has 8 nitrogen and oxygen atoms in total. The third-order valence-corrected chi connectivity index (χ3v) is 7.33. The number of pyridine rings is 1. The molecule has 2 aromatic heterocycles. The third-order valence-electron chi connectivity index (χ3n) is 6.23. The number of thiophene rings is 1. The van der Waals surface area contributed by atoms with E-state index in [9.17, 15) is 14.9 Å². The number of anilines is 2. The van der Waals surface area contributed by atoms with Gasteiger partial charge in [0.1, 0.15) is 15.5 Å². The standard InChI is InChI=1S/C23H24N4O4S/c1-23(2)11-15-16(12-31-23)21(26-9-3-4-10-26)25-22-17(15)18(24)20(32-22)19(28)13-5-7-14(8-6-13)27(29)30/h5-8H,3-4,9-12,24H2,1-2H3. The smallest absolute Gasteiger partial charge is 0.269 e. The van der Waals surface area contributed by atoms with Crippen molar-refractivity contribution in [2.45, 2.75) is 45.3 Å². The summed E-state index contributed by atoms with van der Waals surface area (Å²) in [5.74, 6) is 0.694. The van der Waals surface area contributed by atoms with E-state index in [0.29, 0.717) is 29.2 Å². The van der Waals surface area contributed by atoms with Crippen LogP contribution in [0.4, 0.5) is 17.2 Å². The summed E-state index contributed by atoms with van der Waals surface area (Å²) < 4.78 is 6.11. The van der Waals surface area contributed by atoms with Crippen molar-refractivity contribution in [2.75, 3.05) is 23.7 Å². The van der Waals surface area contributed by atoms with Crippen molar-refractivity contribution in [2.24, 2.45) is 0 Å². The number of nitrogens with zero attached hydrogens (tertiary/aromatic N) is 3. The normalized spacial score (nSPS) is 17.5. The van der Waals surface area contributed by atoms with Crippen LogP contribution in [0.15, 0.2) is 24.3 Å². The molecule has 32 heavy (non-hydrogen) atoms. The number of rotatable bonds is 4. The van der Waals surface area contributed by atoms with Crippen LogP contribution in [-0.4, -0.2) is 34.4 Å². The van der Waals surface area contributed by atoms with E-state index in [4.69, 9.17) is 15.5 Å². The second-order valence-corrected chi connectivity index (χ2v) is 9.97. The van der Waals surface area contributed by atoms with Gasteiger partial charge >= 0.3 is 0 Å². The fourth-order valence-corrected chi connectivity index (χ4v) is 5.65. The molecule has 3 aromatic rings. The van der Waals surface area contributed by atoms with Gasteiger partial charge in [0.25, 0.3) is 5.69 Å². The van der Waals surface area contributed by atoms with Crippen molar-refractivity contribution in [3.63, 3.8) is 0 Å². The van der Waals surface area contributed by atoms with Crippen LogP contribution in [0, 0.1) is 10.1 Å². The molecule has 0 spiro atoms. The first-order chi connectivity index (χ1) is 15.2. The van der Waals surface area contributed by atoms with Gasteiger partial charge in [-0.1, -0.05) is 0 Å². The minimum atomic E-state index is -0.484. The Balaban J connectivity index is 1.65. The molecule has 1 fully saturated rings. The average Bonchev–Trinajstić information content (AvgIpc) is 3.40. The number of non-ortho nitro benzene ring substituents is 1. The molecule has 1 saturated heterocycles. The number of benzene rings is 1. The van der Waals surface area contributed by atoms with E-state index >= 15 is 0 Å². The number of carbonyl (C=O) groups excluding carboxylic acids is 1. The molecule has 0 bridgehead atoms. The number of nitrogen functional groups attached to an aromatic ring is 1. The number of carbonyl (C=O) groups is 1. The van der Waals surface area contributed by atoms with Crippen molar-refractivity contribution in [1.29, 1.82) is 0 Å². The lowest BCUT2D eigenvalue weighted by atomic mass is 9.89. The largest absolute Gasteiger partial charge is 0.397 e. The van der Waals surface area contributed by atoms with Crippen LogP contribution < -0.4 is 10.6 Å². The molecule has 2 aliphatic rings. The highest BCUT2D eigenvalue weighted by Crippen LogP contribution is 2.44. The van der Waals surface area contributed by atoms with E-state index in [1.165, 1.54) is 35.6 Å². The van der Waals surface area contributed by atoms with Crippen LogP contribution in [0.5, 0.6) is 0 Å². The summed E-state index contributed by atoms with van der Waals surface area (Å²) in [7, 11) is 0. The van der Waals surface area contributed by atoms with Crippen molar-refractivity contribution in [3.8, 4) is 0 Å². The van der Waals surface area contributed by atoms with Crippen molar-refractivity contribution < 1.29 is 14.5 Å². The number of aromatic nitrogens is 1. The SMILES string of the molecule is CC1(C)Cc2c(c(N3CCCC3)nc3sc(C(=O)c4ccc([N+](=O)[O-])cc4)c(N)c23)CO1. The number of nitro groups is 1. The lowest BCUT2D eigenvalue weighted by Gasteiger charge is -2.34. The zero-order chi connectivity index (χ0) is 22.6.